The molecule has 0 fully saturated rings. The lowest BCUT2D eigenvalue weighted by Crippen LogP contribution is -2.14. The number of halogens is 1. The van der Waals surface area contributed by atoms with Crippen molar-refractivity contribution in [3.8, 4) is 5.75 Å². The fourth-order valence-corrected chi connectivity index (χ4v) is 3.17. The fraction of sp³-hybridized carbons (Fsp3) is 0.167. The fourth-order valence-electron chi connectivity index (χ4n) is 1.44. The Balaban J connectivity index is 1.96. The van der Waals surface area contributed by atoms with Gasteiger partial charge in [-0.1, -0.05) is 22.9 Å². The number of hydrogen-bond acceptors (Lipinski definition) is 6. The van der Waals surface area contributed by atoms with Gasteiger partial charge in [-0.15, -0.1) is 11.8 Å². The van der Waals surface area contributed by atoms with Gasteiger partial charge in [0.15, 0.2) is 5.13 Å². The van der Waals surface area contributed by atoms with Crippen molar-refractivity contribution in [2.75, 3.05) is 23.9 Å². The van der Waals surface area contributed by atoms with Crippen molar-refractivity contribution in [1.82, 2.24) is 4.98 Å². The van der Waals surface area contributed by atoms with E-state index in [0.29, 0.717) is 21.6 Å². The molecule has 1 heterocycles. The highest BCUT2D eigenvalue weighted by Gasteiger charge is 2.09. The summed E-state index contributed by atoms with van der Waals surface area (Å²) in [7, 11) is 1.54. The van der Waals surface area contributed by atoms with Crippen LogP contribution in [0.2, 0.25) is 5.02 Å². The number of hydrogen-bond donors (Lipinski definition) is 2. The molecule has 20 heavy (non-hydrogen) atoms. The Labute approximate surface area is 129 Å². The molecule has 0 unspecified atom stereocenters. The Bertz CT molecular complexity index is 618. The summed E-state index contributed by atoms with van der Waals surface area (Å²) in [6.07, 6.45) is 1.65. The van der Waals surface area contributed by atoms with Gasteiger partial charge in [-0.3, -0.25) is 4.79 Å². The Kier molecular flexibility index (Phi) is 5.11. The summed E-state index contributed by atoms with van der Waals surface area (Å²) in [4.78, 5) is 15.8. The maximum atomic E-state index is 11.9. The number of nitrogens with one attached hydrogen (secondary N) is 1. The van der Waals surface area contributed by atoms with E-state index in [4.69, 9.17) is 22.1 Å². The lowest BCUT2D eigenvalue weighted by Gasteiger charge is -2.10. The predicted octanol–water partition coefficient (Wildman–Crippen LogP) is 3.12. The molecule has 5 nitrogen and oxygen atoms in total. The lowest BCUT2D eigenvalue weighted by molar-refractivity contribution is -0.113. The van der Waals surface area contributed by atoms with Gasteiger partial charge in [0, 0.05) is 5.02 Å². The number of nitrogen functional groups attached to an aromatic ring is 1. The molecule has 3 N–H and O–H groups in total. The number of nitrogens with two attached hydrogens (primary N) is 1. The summed E-state index contributed by atoms with van der Waals surface area (Å²) in [6.45, 7) is 0. The number of amides is 1. The highest BCUT2D eigenvalue weighted by Crippen LogP contribution is 2.29. The molecule has 0 saturated carbocycles. The van der Waals surface area contributed by atoms with E-state index < -0.39 is 0 Å². The van der Waals surface area contributed by atoms with E-state index >= 15 is 0 Å². The molecule has 1 aromatic heterocycles. The highest BCUT2D eigenvalue weighted by atomic mass is 35.5. The number of thiazole rings is 1. The number of aromatic nitrogens is 1. The van der Waals surface area contributed by atoms with Crippen LogP contribution in [0.15, 0.2) is 28.6 Å². The van der Waals surface area contributed by atoms with Crippen LogP contribution in [-0.4, -0.2) is 23.8 Å². The van der Waals surface area contributed by atoms with E-state index in [-0.39, 0.29) is 11.7 Å². The molecule has 0 aliphatic rings. The molecule has 0 aliphatic carbocycles. The van der Waals surface area contributed by atoms with Gasteiger partial charge in [-0.2, -0.15) is 0 Å². The molecule has 106 valence electrons. The van der Waals surface area contributed by atoms with Crippen LogP contribution in [0.25, 0.3) is 0 Å². The lowest BCUT2D eigenvalue weighted by atomic mass is 10.3. The first-order valence-corrected chi connectivity index (χ1v) is 7.74. The van der Waals surface area contributed by atoms with Gasteiger partial charge in [0.05, 0.1) is 29.0 Å². The molecular weight excluding hydrogens is 318 g/mol. The van der Waals surface area contributed by atoms with Crippen LogP contribution in [-0.2, 0) is 4.79 Å². The van der Waals surface area contributed by atoms with Crippen molar-refractivity contribution in [3.05, 3.63) is 29.4 Å². The van der Waals surface area contributed by atoms with Gasteiger partial charge < -0.3 is 15.8 Å². The standard InChI is InChI=1S/C12H12ClN3O2S2/c1-18-9-3-2-7(13)4-8(9)16-10(17)6-19-11-5-15-12(14)20-11/h2-5H,6H2,1H3,(H2,14,15)(H,16,17). The largest absolute Gasteiger partial charge is 0.495 e. The molecule has 2 rings (SSSR count). The van der Waals surface area contributed by atoms with E-state index in [1.54, 1.807) is 24.4 Å². The number of methoxy groups -OCH3 is 1. The van der Waals surface area contributed by atoms with Crippen molar-refractivity contribution < 1.29 is 9.53 Å². The van der Waals surface area contributed by atoms with Gasteiger partial charge in [0.25, 0.3) is 0 Å². The van der Waals surface area contributed by atoms with Crippen LogP contribution in [0, 0.1) is 0 Å². The van der Waals surface area contributed by atoms with Crippen molar-refractivity contribution in [1.29, 1.82) is 0 Å². The zero-order valence-electron chi connectivity index (χ0n) is 10.6. The molecule has 0 bridgehead atoms. The van der Waals surface area contributed by atoms with Gasteiger partial charge >= 0.3 is 0 Å². The molecule has 1 aromatic carbocycles. The minimum atomic E-state index is -0.150. The van der Waals surface area contributed by atoms with Crippen molar-refractivity contribution in [3.63, 3.8) is 0 Å². The average molecular weight is 330 g/mol. The van der Waals surface area contributed by atoms with Crippen LogP contribution >= 0.6 is 34.7 Å². The topological polar surface area (TPSA) is 77.2 Å². The number of thioether (sulfide) groups is 1. The first-order valence-electron chi connectivity index (χ1n) is 5.56. The van der Waals surface area contributed by atoms with Crippen LogP contribution in [0.4, 0.5) is 10.8 Å². The average Bonchev–Trinajstić information content (AvgIpc) is 2.83. The number of carbonyl (C=O) groups is 1. The van der Waals surface area contributed by atoms with Crippen molar-refractivity contribution >= 4 is 51.4 Å². The van der Waals surface area contributed by atoms with Gasteiger partial charge in [0.2, 0.25) is 5.91 Å². The van der Waals surface area contributed by atoms with Crippen molar-refractivity contribution in [2.45, 2.75) is 4.21 Å². The number of nitrogens with zero attached hydrogens (tertiary/aromatic N) is 1. The smallest absolute Gasteiger partial charge is 0.234 e. The number of anilines is 2. The molecule has 8 heteroatoms. The van der Waals surface area contributed by atoms with Crippen molar-refractivity contribution in [2.24, 2.45) is 0 Å². The summed E-state index contributed by atoms with van der Waals surface area (Å²) in [5.74, 6) is 0.675. The van der Waals surface area contributed by atoms with Gasteiger partial charge in [0.1, 0.15) is 5.75 Å². The second-order valence-electron chi connectivity index (χ2n) is 3.70. The normalized spacial score (nSPS) is 10.3. The molecule has 0 radical (unpaired) electrons. The number of rotatable bonds is 5. The van der Waals surface area contributed by atoms with Crippen LogP contribution < -0.4 is 15.8 Å². The van der Waals surface area contributed by atoms with E-state index in [1.807, 2.05) is 0 Å². The summed E-state index contributed by atoms with van der Waals surface area (Å²) in [5.41, 5.74) is 6.08. The van der Waals surface area contributed by atoms with E-state index in [9.17, 15) is 4.79 Å². The number of benzene rings is 1. The summed E-state index contributed by atoms with van der Waals surface area (Å²) in [6, 6.07) is 5.05. The third kappa shape index (κ3) is 4.03. The third-order valence-corrected chi connectivity index (χ3v) is 4.54. The summed E-state index contributed by atoms with van der Waals surface area (Å²) >= 11 is 8.63. The quantitative estimate of drug-likeness (QED) is 0.824. The zero-order chi connectivity index (χ0) is 14.5. The van der Waals surface area contributed by atoms with Crippen LogP contribution in [0.1, 0.15) is 0 Å². The zero-order valence-corrected chi connectivity index (χ0v) is 12.9. The van der Waals surface area contributed by atoms with Crippen LogP contribution in [0.5, 0.6) is 5.75 Å². The molecule has 0 saturated heterocycles. The van der Waals surface area contributed by atoms with Crippen LogP contribution in [0.3, 0.4) is 0 Å². The predicted molar refractivity (Wildman–Crippen MR) is 83.9 cm³/mol. The Morgan fingerprint density at radius 2 is 2.40 bits per heavy atom. The second kappa shape index (κ2) is 6.83. The summed E-state index contributed by atoms with van der Waals surface area (Å²) < 4.78 is 6.06. The Hall–Kier alpha value is -1.44. The monoisotopic (exact) mass is 329 g/mol. The minimum absolute atomic E-state index is 0.150. The van der Waals surface area contributed by atoms with E-state index in [1.165, 1.54) is 30.2 Å². The number of carbonyl (C=O) groups excluding carboxylic acids is 1. The first kappa shape index (κ1) is 15.0. The Morgan fingerprint density at radius 3 is 3.05 bits per heavy atom. The van der Waals surface area contributed by atoms with Gasteiger partial charge in [-0.25, -0.2) is 4.98 Å². The second-order valence-corrected chi connectivity index (χ2v) is 6.47. The van der Waals surface area contributed by atoms with Gasteiger partial charge in [-0.05, 0) is 18.2 Å². The maximum absolute atomic E-state index is 11.9. The highest BCUT2D eigenvalue weighted by molar-refractivity contribution is 8.01. The Morgan fingerprint density at radius 1 is 1.60 bits per heavy atom. The number of ether oxygens (including phenoxy) is 1. The summed E-state index contributed by atoms with van der Waals surface area (Å²) in [5, 5.41) is 3.78. The molecule has 1 amide bonds. The van der Waals surface area contributed by atoms with E-state index in [2.05, 4.69) is 10.3 Å². The molecular formula is C12H12ClN3O2S2. The molecule has 2 aromatic rings. The maximum Gasteiger partial charge on any atom is 0.234 e. The first-order chi connectivity index (χ1) is 9.58. The van der Waals surface area contributed by atoms with E-state index in [0.717, 1.165) is 4.21 Å². The molecule has 0 aliphatic heterocycles. The molecule has 0 spiro atoms. The molecule has 0 atom stereocenters. The third-order valence-electron chi connectivity index (χ3n) is 2.28. The SMILES string of the molecule is COc1ccc(Cl)cc1NC(=O)CSc1cnc(N)s1. The minimum Gasteiger partial charge on any atom is -0.495 e.